The molecule has 154 valence electrons. The van der Waals surface area contributed by atoms with Crippen molar-refractivity contribution in [1.29, 1.82) is 0 Å². The molecular weight excluding hydrogens is 398 g/mol. The molecule has 0 radical (unpaired) electrons. The summed E-state index contributed by atoms with van der Waals surface area (Å²) in [7, 11) is 3.26. The van der Waals surface area contributed by atoms with Gasteiger partial charge in [-0.05, 0) is 30.2 Å². The molecule has 4 aromatic rings. The third-order valence-corrected chi connectivity index (χ3v) is 5.78. The number of carbonyl (C=O) groups excluding carboxylic acids is 1. The second-order valence-electron chi connectivity index (χ2n) is 6.83. The molecule has 0 aliphatic heterocycles. The fourth-order valence-corrected chi connectivity index (χ4v) is 4.19. The Labute approximate surface area is 179 Å². The summed E-state index contributed by atoms with van der Waals surface area (Å²) in [6.45, 7) is 0.617. The van der Waals surface area contributed by atoms with Gasteiger partial charge in [0.1, 0.15) is 11.5 Å². The van der Waals surface area contributed by atoms with E-state index in [0.717, 1.165) is 39.8 Å². The highest BCUT2D eigenvalue weighted by atomic mass is 32.1. The normalized spacial score (nSPS) is 10.9. The monoisotopic (exact) mass is 421 g/mol. The SMILES string of the molecule is COc1ccc(OC)c(-c2cn3c(CC(=O)NCCc4ccccc4)csc3n2)c1. The van der Waals surface area contributed by atoms with E-state index in [1.54, 1.807) is 14.2 Å². The molecule has 2 aromatic heterocycles. The molecule has 0 aliphatic rings. The van der Waals surface area contributed by atoms with Crippen LogP contribution in [0, 0.1) is 0 Å². The third-order valence-electron chi connectivity index (χ3n) is 4.89. The lowest BCUT2D eigenvalue weighted by molar-refractivity contribution is -0.120. The number of amides is 1. The van der Waals surface area contributed by atoms with Crippen LogP contribution in [0.25, 0.3) is 16.2 Å². The van der Waals surface area contributed by atoms with Gasteiger partial charge in [-0.25, -0.2) is 4.98 Å². The lowest BCUT2D eigenvalue weighted by Crippen LogP contribution is -2.27. The fraction of sp³-hybridized carbons (Fsp3) is 0.217. The van der Waals surface area contributed by atoms with Crippen molar-refractivity contribution in [2.24, 2.45) is 0 Å². The number of nitrogens with one attached hydrogen (secondary N) is 1. The summed E-state index contributed by atoms with van der Waals surface area (Å²) in [4.78, 5) is 18.0. The zero-order valence-corrected chi connectivity index (χ0v) is 17.7. The van der Waals surface area contributed by atoms with Crippen molar-refractivity contribution in [2.45, 2.75) is 12.8 Å². The summed E-state index contributed by atoms with van der Waals surface area (Å²) in [5, 5.41) is 4.98. The zero-order valence-electron chi connectivity index (χ0n) is 16.9. The second-order valence-corrected chi connectivity index (χ2v) is 7.67. The number of benzene rings is 2. The molecule has 0 spiro atoms. The largest absolute Gasteiger partial charge is 0.497 e. The molecule has 2 aromatic carbocycles. The van der Waals surface area contributed by atoms with Crippen LogP contribution in [0.1, 0.15) is 11.3 Å². The van der Waals surface area contributed by atoms with Gasteiger partial charge in [0.25, 0.3) is 0 Å². The number of hydrogen-bond donors (Lipinski definition) is 1. The number of imidazole rings is 1. The number of methoxy groups -OCH3 is 2. The van der Waals surface area contributed by atoms with Gasteiger partial charge in [-0.3, -0.25) is 9.20 Å². The maximum atomic E-state index is 12.4. The first-order valence-electron chi connectivity index (χ1n) is 9.66. The van der Waals surface area contributed by atoms with Crippen LogP contribution < -0.4 is 14.8 Å². The van der Waals surface area contributed by atoms with Gasteiger partial charge in [-0.15, -0.1) is 11.3 Å². The van der Waals surface area contributed by atoms with Crippen molar-refractivity contribution in [3.63, 3.8) is 0 Å². The average Bonchev–Trinajstić information content (AvgIpc) is 3.36. The standard InChI is InChI=1S/C23H23N3O3S/c1-28-18-8-9-21(29-2)19(13-18)20-14-26-17(15-30-23(26)25-20)12-22(27)24-11-10-16-6-4-3-5-7-16/h3-9,13-15H,10-12H2,1-2H3,(H,24,27). The molecule has 1 N–H and O–H groups in total. The van der Waals surface area contributed by atoms with E-state index in [0.29, 0.717) is 13.0 Å². The molecule has 0 atom stereocenters. The van der Waals surface area contributed by atoms with Crippen LogP contribution in [0.15, 0.2) is 60.1 Å². The van der Waals surface area contributed by atoms with Gasteiger partial charge in [0.2, 0.25) is 5.91 Å². The Bertz CT molecular complexity index is 1150. The van der Waals surface area contributed by atoms with Gasteiger partial charge in [0.15, 0.2) is 4.96 Å². The molecule has 7 heteroatoms. The van der Waals surface area contributed by atoms with Crippen LogP contribution in [0.2, 0.25) is 0 Å². The molecule has 30 heavy (non-hydrogen) atoms. The Morgan fingerprint density at radius 3 is 2.73 bits per heavy atom. The van der Waals surface area contributed by atoms with Crippen LogP contribution in [-0.2, 0) is 17.6 Å². The minimum atomic E-state index is -0.000146. The predicted octanol–water partition coefficient (Wildman–Crippen LogP) is 3.98. The zero-order chi connectivity index (χ0) is 20.9. The first kappa shape index (κ1) is 20.0. The second kappa shape index (κ2) is 9.00. The van der Waals surface area contributed by atoms with Crippen molar-refractivity contribution >= 4 is 22.2 Å². The number of rotatable bonds is 8. The summed E-state index contributed by atoms with van der Waals surface area (Å²) in [5.74, 6) is 1.46. The van der Waals surface area contributed by atoms with E-state index in [-0.39, 0.29) is 5.91 Å². The molecule has 0 saturated heterocycles. The fourth-order valence-electron chi connectivity index (χ4n) is 3.32. The van der Waals surface area contributed by atoms with Crippen molar-refractivity contribution < 1.29 is 14.3 Å². The van der Waals surface area contributed by atoms with Gasteiger partial charge in [0, 0.05) is 29.4 Å². The van der Waals surface area contributed by atoms with Crippen LogP contribution in [0.5, 0.6) is 11.5 Å². The van der Waals surface area contributed by atoms with Gasteiger partial charge < -0.3 is 14.8 Å². The quantitative estimate of drug-likeness (QED) is 0.467. The number of hydrogen-bond acceptors (Lipinski definition) is 5. The molecule has 0 aliphatic carbocycles. The highest BCUT2D eigenvalue weighted by Gasteiger charge is 2.15. The van der Waals surface area contributed by atoms with E-state index >= 15 is 0 Å². The summed E-state index contributed by atoms with van der Waals surface area (Å²) < 4.78 is 12.8. The highest BCUT2D eigenvalue weighted by molar-refractivity contribution is 7.15. The van der Waals surface area contributed by atoms with Crippen LogP contribution in [-0.4, -0.2) is 36.1 Å². The molecule has 2 heterocycles. The summed E-state index contributed by atoms with van der Waals surface area (Å²) in [6.07, 6.45) is 3.06. The van der Waals surface area contributed by atoms with Crippen molar-refractivity contribution in [3.8, 4) is 22.8 Å². The van der Waals surface area contributed by atoms with E-state index in [2.05, 4.69) is 17.4 Å². The van der Waals surface area contributed by atoms with E-state index in [1.165, 1.54) is 16.9 Å². The van der Waals surface area contributed by atoms with E-state index < -0.39 is 0 Å². The van der Waals surface area contributed by atoms with Crippen LogP contribution in [0.4, 0.5) is 0 Å². The van der Waals surface area contributed by atoms with E-state index in [4.69, 9.17) is 14.5 Å². The summed E-state index contributed by atoms with van der Waals surface area (Å²) >= 11 is 1.52. The smallest absolute Gasteiger partial charge is 0.225 e. The maximum absolute atomic E-state index is 12.4. The molecular formula is C23H23N3O3S. The average molecular weight is 422 g/mol. The first-order chi connectivity index (χ1) is 14.7. The molecule has 0 unspecified atom stereocenters. The van der Waals surface area contributed by atoms with Crippen LogP contribution in [0.3, 0.4) is 0 Å². The van der Waals surface area contributed by atoms with E-state index in [9.17, 15) is 4.79 Å². The van der Waals surface area contributed by atoms with Crippen molar-refractivity contribution in [3.05, 3.63) is 71.4 Å². The summed E-state index contributed by atoms with van der Waals surface area (Å²) in [6, 6.07) is 15.8. The van der Waals surface area contributed by atoms with Crippen LogP contribution >= 0.6 is 11.3 Å². The Balaban J connectivity index is 1.47. The number of aromatic nitrogens is 2. The van der Waals surface area contributed by atoms with Gasteiger partial charge in [-0.2, -0.15) is 0 Å². The van der Waals surface area contributed by atoms with E-state index in [1.807, 2.05) is 52.4 Å². The molecule has 0 saturated carbocycles. The number of fused-ring (bicyclic) bond motifs is 1. The molecule has 0 bridgehead atoms. The third kappa shape index (κ3) is 4.31. The molecule has 4 rings (SSSR count). The van der Waals surface area contributed by atoms with Gasteiger partial charge in [-0.1, -0.05) is 30.3 Å². The molecule has 0 fully saturated rings. The highest BCUT2D eigenvalue weighted by Crippen LogP contribution is 2.34. The number of ether oxygens (including phenoxy) is 2. The molecule has 6 nitrogen and oxygen atoms in total. The minimum Gasteiger partial charge on any atom is -0.497 e. The molecule has 1 amide bonds. The topological polar surface area (TPSA) is 64.9 Å². The maximum Gasteiger partial charge on any atom is 0.225 e. The predicted molar refractivity (Wildman–Crippen MR) is 118 cm³/mol. The van der Waals surface area contributed by atoms with Crippen molar-refractivity contribution in [1.82, 2.24) is 14.7 Å². The lowest BCUT2D eigenvalue weighted by atomic mass is 10.1. The van der Waals surface area contributed by atoms with Crippen molar-refractivity contribution in [2.75, 3.05) is 20.8 Å². The Morgan fingerprint density at radius 1 is 1.13 bits per heavy atom. The minimum absolute atomic E-state index is 0.000146. The Kier molecular flexibility index (Phi) is 5.99. The lowest BCUT2D eigenvalue weighted by Gasteiger charge is -2.08. The van der Waals surface area contributed by atoms with Gasteiger partial charge in [0.05, 0.1) is 26.3 Å². The first-order valence-corrected chi connectivity index (χ1v) is 10.5. The number of thiazole rings is 1. The number of carbonyl (C=O) groups is 1. The Morgan fingerprint density at radius 2 is 1.97 bits per heavy atom. The Hall–Kier alpha value is -3.32. The van der Waals surface area contributed by atoms with Gasteiger partial charge >= 0.3 is 0 Å². The summed E-state index contributed by atoms with van der Waals surface area (Å²) in [5.41, 5.74) is 3.75. The number of nitrogens with zero attached hydrogens (tertiary/aromatic N) is 2.